The fourth-order valence-corrected chi connectivity index (χ4v) is 6.56. The van der Waals surface area contributed by atoms with E-state index in [-0.39, 0.29) is 53.4 Å². The zero-order valence-corrected chi connectivity index (χ0v) is 34.4. The average molecular weight is 746 g/mol. The Morgan fingerprint density at radius 3 is 2.23 bits per heavy atom. The number of hydrogen-bond donors (Lipinski definition) is 0. The van der Waals surface area contributed by atoms with E-state index in [0.29, 0.717) is 5.56 Å². The lowest BCUT2D eigenvalue weighted by molar-refractivity contribution is -0.152. The number of ketones is 1. The number of cyclic esters (lactones) is 1. The first kappa shape index (κ1) is 41.7. The van der Waals surface area contributed by atoms with Crippen LogP contribution in [0, 0.1) is 5.92 Å². The van der Waals surface area contributed by atoms with E-state index in [2.05, 4.69) is 33.9 Å². The number of hydroxylamine groups is 1. The van der Waals surface area contributed by atoms with Crippen molar-refractivity contribution in [1.82, 2.24) is 0 Å². The summed E-state index contributed by atoms with van der Waals surface area (Å²) in [5, 5.41) is 0.815. The van der Waals surface area contributed by atoms with Crippen molar-refractivity contribution in [2.75, 3.05) is 18.3 Å². The third-order valence-electron chi connectivity index (χ3n) is 9.47. The van der Waals surface area contributed by atoms with E-state index in [1.54, 1.807) is 65.8 Å². The summed E-state index contributed by atoms with van der Waals surface area (Å²) in [4.78, 5) is 47.6. The number of nitrogens with zero attached hydrogens (tertiary/aromatic N) is 1. The molecule has 0 aliphatic carbocycles. The number of hydrogen-bond acceptors (Lipinski definition) is 11. The summed E-state index contributed by atoms with van der Waals surface area (Å²) in [6.07, 6.45) is 3.81. The van der Waals surface area contributed by atoms with Crippen LogP contribution in [0.15, 0.2) is 30.4 Å². The van der Waals surface area contributed by atoms with Crippen LogP contribution in [0.4, 0.5) is 10.5 Å². The molecule has 4 rings (SSSR count). The molecule has 3 aliphatic rings. The summed E-state index contributed by atoms with van der Waals surface area (Å²) in [6.45, 7) is 26.8. The van der Waals surface area contributed by atoms with Gasteiger partial charge in [-0.3, -0.25) is 9.63 Å². The fourth-order valence-electron chi connectivity index (χ4n) is 5.55. The first-order valence-electron chi connectivity index (χ1n) is 18.1. The van der Waals surface area contributed by atoms with Gasteiger partial charge in [-0.2, -0.15) is 5.06 Å². The van der Waals surface area contributed by atoms with E-state index in [0.717, 1.165) is 5.06 Å². The molecule has 3 heterocycles. The van der Waals surface area contributed by atoms with Crippen LogP contribution in [0.5, 0.6) is 5.75 Å². The number of carbonyl (C=O) groups excluding carboxylic acids is 3. The molecular formula is C39H59NO11Si. The Kier molecular flexibility index (Phi) is 12.3. The Morgan fingerprint density at radius 1 is 0.962 bits per heavy atom. The number of esters is 1. The van der Waals surface area contributed by atoms with Gasteiger partial charge in [0, 0.05) is 12.0 Å². The number of carbonyl (C=O) groups is 3. The van der Waals surface area contributed by atoms with Crippen molar-refractivity contribution in [2.24, 2.45) is 5.92 Å². The summed E-state index contributed by atoms with van der Waals surface area (Å²) in [7, 11) is -2.60. The molecule has 0 bridgehead atoms. The summed E-state index contributed by atoms with van der Waals surface area (Å²) < 4.78 is 42.6. The van der Waals surface area contributed by atoms with Gasteiger partial charge in [-0.25, -0.2) is 9.59 Å². The fraction of sp³-hybridized carbons (Fsp3) is 0.667. The van der Waals surface area contributed by atoms with E-state index in [1.165, 1.54) is 6.08 Å². The third-order valence-corrected chi connectivity index (χ3v) is 13.8. The van der Waals surface area contributed by atoms with Gasteiger partial charge in [0.15, 0.2) is 17.4 Å². The van der Waals surface area contributed by atoms with Crippen molar-refractivity contribution in [3.8, 4) is 5.75 Å². The second-order valence-electron chi connectivity index (χ2n) is 17.3. The van der Waals surface area contributed by atoms with E-state index in [1.807, 2.05) is 26.8 Å². The summed E-state index contributed by atoms with van der Waals surface area (Å²) in [5.41, 5.74) is 0.0126. The molecule has 2 saturated heterocycles. The molecule has 52 heavy (non-hydrogen) atoms. The maximum absolute atomic E-state index is 14.3. The lowest BCUT2D eigenvalue weighted by atomic mass is 9.99. The van der Waals surface area contributed by atoms with E-state index in [4.69, 9.17) is 37.7 Å². The first-order chi connectivity index (χ1) is 23.8. The topological polar surface area (TPSA) is 128 Å². The maximum atomic E-state index is 14.3. The van der Waals surface area contributed by atoms with Gasteiger partial charge in [0.1, 0.15) is 41.8 Å². The standard InChI is InChI=1S/C39H59NO11Si/c1-24-18-19-29(41)33-30(48-39(11,12)49-33)17-15-16-26-20-27(21-31(32(26)34(42)46-25(24)2)51-52(13,14)37(6,7)8)40(35(43)50-36(3,4)5)45-23-28-22-44-38(9,10)47-28/h15-16,18-21,24-25,28,30,33H,17,22-23H2,1-14H3/t24-,25+,28?,30+,33-/m1/s1. The molecule has 0 N–H and O–H groups in total. The Bertz CT molecular complexity index is 1550. The van der Waals surface area contributed by atoms with Crippen LogP contribution in [0.3, 0.4) is 0 Å². The highest BCUT2D eigenvalue weighted by molar-refractivity contribution is 6.74. The van der Waals surface area contributed by atoms with Gasteiger partial charge in [0.25, 0.3) is 8.32 Å². The van der Waals surface area contributed by atoms with Crippen LogP contribution in [0.1, 0.15) is 105 Å². The molecular weight excluding hydrogens is 687 g/mol. The number of fused-ring (bicyclic) bond motifs is 2. The maximum Gasteiger partial charge on any atom is 0.439 e. The largest absolute Gasteiger partial charge is 0.543 e. The molecule has 3 aliphatic heterocycles. The number of rotatable bonds is 6. The highest BCUT2D eigenvalue weighted by Crippen LogP contribution is 2.41. The Hall–Kier alpha value is -3.07. The smallest absolute Gasteiger partial charge is 0.439 e. The zero-order valence-electron chi connectivity index (χ0n) is 33.4. The highest BCUT2D eigenvalue weighted by atomic mass is 28.4. The SMILES string of the molecule is C[C@@H]1C=CC(=O)[C@H]2OC(C)(C)O[C@H]2CC=Cc2cc(N(OCC3COC(C)(C)O3)C(=O)OC(C)(C)C)cc(O[Si](C)(C)C(C)(C)C)c2C(=O)O[C@H]1C. The molecule has 2 fully saturated rings. The van der Waals surface area contributed by atoms with Gasteiger partial charge >= 0.3 is 12.1 Å². The number of ether oxygens (including phenoxy) is 6. The van der Waals surface area contributed by atoms with Crippen molar-refractivity contribution >= 4 is 37.9 Å². The summed E-state index contributed by atoms with van der Waals surface area (Å²) in [5.74, 6) is -2.68. The van der Waals surface area contributed by atoms with Crippen LogP contribution >= 0.6 is 0 Å². The molecule has 13 heteroatoms. The molecule has 290 valence electrons. The number of benzene rings is 1. The Balaban J connectivity index is 1.90. The van der Waals surface area contributed by atoms with Gasteiger partial charge in [-0.1, -0.05) is 45.9 Å². The summed E-state index contributed by atoms with van der Waals surface area (Å²) in [6, 6.07) is 3.28. The van der Waals surface area contributed by atoms with Crippen LogP contribution in [-0.4, -0.2) is 81.0 Å². The van der Waals surface area contributed by atoms with Gasteiger partial charge in [0.2, 0.25) is 0 Å². The molecule has 0 radical (unpaired) electrons. The van der Waals surface area contributed by atoms with Gasteiger partial charge in [0.05, 0.1) is 18.4 Å². The van der Waals surface area contributed by atoms with Crippen LogP contribution in [0.25, 0.3) is 6.08 Å². The Morgan fingerprint density at radius 2 is 1.63 bits per heavy atom. The number of amides is 1. The van der Waals surface area contributed by atoms with E-state index >= 15 is 0 Å². The molecule has 0 saturated carbocycles. The normalized spacial score (nSPS) is 26.6. The predicted molar refractivity (Wildman–Crippen MR) is 200 cm³/mol. The number of anilines is 1. The van der Waals surface area contributed by atoms with Crippen LogP contribution in [0.2, 0.25) is 18.1 Å². The van der Waals surface area contributed by atoms with Crippen molar-refractivity contribution in [3.63, 3.8) is 0 Å². The molecule has 1 unspecified atom stereocenters. The van der Waals surface area contributed by atoms with Gasteiger partial charge in [-0.05, 0) is 97.6 Å². The minimum atomic E-state index is -2.60. The Labute approximate surface area is 310 Å². The van der Waals surface area contributed by atoms with E-state index in [9.17, 15) is 14.4 Å². The quantitative estimate of drug-likeness (QED) is 0.159. The van der Waals surface area contributed by atoms with Crippen molar-refractivity contribution in [2.45, 2.75) is 149 Å². The minimum Gasteiger partial charge on any atom is -0.543 e. The second-order valence-corrected chi connectivity index (χ2v) is 22.0. The first-order valence-corrected chi connectivity index (χ1v) is 21.0. The van der Waals surface area contributed by atoms with Gasteiger partial charge < -0.3 is 32.8 Å². The minimum absolute atomic E-state index is 0.0246. The molecule has 1 aromatic rings. The van der Waals surface area contributed by atoms with Crippen LogP contribution in [-0.2, 0) is 38.1 Å². The van der Waals surface area contributed by atoms with Crippen molar-refractivity contribution in [3.05, 3.63) is 41.5 Å². The van der Waals surface area contributed by atoms with Crippen molar-refractivity contribution < 1.29 is 52.1 Å². The van der Waals surface area contributed by atoms with Gasteiger partial charge in [-0.15, -0.1) is 0 Å². The lowest BCUT2D eigenvalue weighted by Crippen LogP contribution is -2.44. The zero-order chi connectivity index (χ0) is 39.0. The molecule has 12 nitrogen and oxygen atoms in total. The molecule has 0 aromatic heterocycles. The second kappa shape index (κ2) is 15.3. The lowest BCUT2D eigenvalue weighted by Gasteiger charge is -2.37. The predicted octanol–water partition coefficient (Wildman–Crippen LogP) is 8.14. The van der Waals surface area contributed by atoms with E-state index < -0.39 is 62.0 Å². The highest BCUT2D eigenvalue weighted by Gasteiger charge is 2.44. The third kappa shape index (κ3) is 10.5. The molecule has 1 amide bonds. The molecule has 5 atom stereocenters. The average Bonchev–Trinajstić information content (AvgIpc) is 3.49. The molecule has 0 spiro atoms. The monoisotopic (exact) mass is 745 g/mol. The molecule has 1 aromatic carbocycles. The van der Waals surface area contributed by atoms with Crippen molar-refractivity contribution in [1.29, 1.82) is 0 Å². The van der Waals surface area contributed by atoms with Crippen LogP contribution < -0.4 is 9.49 Å². The summed E-state index contributed by atoms with van der Waals surface area (Å²) >= 11 is 0.